The molecule has 0 amide bonds. The van der Waals surface area contributed by atoms with Gasteiger partial charge in [0, 0.05) is 19.7 Å². The van der Waals surface area contributed by atoms with Crippen molar-refractivity contribution in [2.24, 2.45) is 4.99 Å². The highest BCUT2D eigenvalue weighted by atomic mass is 35.5. The molecule has 0 aliphatic heterocycles. The van der Waals surface area contributed by atoms with Gasteiger partial charge in [0.15, 0.2) is 5.82 Å². The van der Waals surface area contributed by atoms with Crippen molar-refractivity contribution in [2.75, 3.05) is 14.1 Å². The highest BCUT2D eigenvalue weighted by Crippen LogP contribution is 2.38. The maximum atomic E-state index is 6.15. The quantitative estimate of drug-likeness (QED) is 0.640. The lowest BCUT2D eigenvalue weighted by Gasteiger charge is -2.04. The predicted molar refractivity (Wildman–Crippen MR) is 77.2 cm³/mol. The number of benzene rings is 1. The molecule has 0 saturated carbocycles. The fourth-order valence-corrected chi connectivity index (χ4v) is 2.40. The Labute approximate surface area is 119 Å². The Kier molecular flexibility index (Phi) is 4.16. The summed E-state index contributed by atoms with van der Waals surface area (Å²) in [5, 5.41) is 1.08. The van der Waals surface area contributed by atoms with Gasteiger partial charge in [0.25, 0.3) is 0 Å². The van der Waals surface area contributed by atoms with Crippen molar-refractivity contribution >= 4 is 47.1 Å². The molecule has 0 aliphatic rings. The van der Waals surface area contributed by atoms with Crippen LogP contribution >= 0.6 is 34.9 Å². The van der Waals surface area contributed by atoms with E-state index in [4.69, 9.17) is 23.2 Å². The summed E-state index contributed by atoms with van der Waals surface area (Å²) in [6, 6.07) is 5.32. The number of nitrogens with zero attached hydrogens (tertiary/aromatic N) is 4. The van der Waals surface area contributed by atoms with Crippen LogP contribution in [0.25, 0.3) is 11.3 Å². The molecule has 2 rings (SSSR count). The molecule has 0 N–H and O–H groups in total. The SMILES string of the molecule is CN(C)C=Nc1nsnc1-c1c(Cl)cccc1Cl. The molecule has 4 nitrogen and oxygen atoms in total. The van der Waals surface area contributed by atoms with Gasteiger partial charge in [0.1, 0.15) is 5.69 Å². The van der Waals surface area contributed by atoms with Crippen LogP contribution in [0.5, 0.6) is 0 Å². The number of hydrogen-bond donors (Lipinski definition) is 0. The average molecular weight is 301 g/mol. The molecular formula is C11H10Cl2N4S. The van der Waals surface area contributed by atoms with Crippen LogP contribution in [0.3, 0.4) is 0 Å². The molecular weight excluding hydrogens is 291 g/mol. The van der Waals surface area contributed by atoms with Crippen LogP contribution in [0.1, 0.15) is 0 Å². The summed E-state index contributed by atoms with van der Waals surface area (Å²) in [5.74, 6) is 0.517. The molecule has 0 radical (unpaired) electrons. The Balaban J connectivity index is 2.49. The summed E-state index contributed by atoms with van der Waals surface area (Å²) in [7, 11) is 3.76. The van der Waals surface area contributed by atoms with Gasteiger partial charge in [0.2, 0.25) is 0 Å². The zero-order valence-corrected chi connectivity index (χ0v) is 12.1. The monoisotopic (exact) mass is 300 g/mol. The fourth-order valence-electron chi connectivity index (χ4n) is 1.32. The predicted octanol–water partition coefficient (Wildman–Crippen LogP) is 3.73. The molecule has 1 aromatic heterocycles. The maximum absolute atomic E-state index is 6.15. The second-order valence-electron chi connectivity index (χ2n) is 3.74. The minimum atomic E-state index is 0.517. The molecule has 0 unspecified atom stereocenters. The summed E-state index contributed by atoms with van der Waals surface area (Å²) in [6.45, 7) is 0. The third kappa shape index (κ3) is 2.80. The van der Waals surface area contributed by atoms with E-state index in [2.05, 4.69) is 13.7 Å². The van der Waals surface area contributed by atoms with Crippen LogP contribution in [0.2, 0.25) is 10.0 Å². The lowest BCUT2D eigenvalue weighted by atomic mass is 10.1. The van der Waals surface area contributed by atoms with Crippen molar-refractivity contribution in [3.8, 4) is 11.3 Å². The molecule has 0 saturated heterocycles. The molecule has 2 aromatic rings. The summed E-state index contributed by atoms with van der Waals surface area (Å²) in [6.07, 6.45) is 1.66. The Bertz CT molecular complexity index is 560. The first kappa shape index (κ1) is 13.3. The largest absolute Gasteiger partial charge is 0.369 e. The smallest absolute Gasteiger partial charge is 0.195 e. The van der Waals surface area contributed by atoms with Crippen LogP contribution < -0.4 is 0 Å². The van der Waals surface area contributed by atoms with Crippen LogP contribution in [0.4, 0.5) is 5.82 Å². The fraction of sp³-hybridized carbons (Fsp3) is 0.182. The first-order valence-electron chi connectivity index (χ1n) is 5.07. The third-order valence-corrected chi connectivity index (χ3v) is 3.23. The van der Waals surface area contributed by atoms with Crippen molar-refractivity contribution in [2.45, 2.75) is 0 Å². The van der Waals surface area contributed by atoms with Crippen molar-refractivity contribution < 1.29 is 0 Å². The van der Waals surface area contributed by atoms with Gasteiger partial charge >= 0.3 is 0 Å². The Hall–Kier alpha value is -1.17. The molecule has 94 valence electrons. The van der Waals surface area contributed by atoms with Crippen LogP contribution in [-0.2, 0) is 0 Å². The molecule has 18 heavy (non-hydrogen) atoms. The Morgan fingerprint density at radius 2 is 1.89 bits per heavy atom. The number of aliphatic imine (C=N–C) groups is 1. The third-order valence-electron chi connectivity index (χ3n) is 2.08. The van der Waals surface area contributed by atoms with E-state index in [0.29, 0.717) is 27.1 Å². The highest BCUT2D eigenvalue weighted by molar-refractivity contribution is 6.99. The van der Waals surface area contributed by atoms with Crippen molar-refractivity contribution in [1.29, 1.82) is 0 Å². The van der Waals surface area contributed by atoms with E-state index in [0.717, 1.165) is 11.7 Å². The maximum Gasteiger partial charge on any atom is 0.195 e. The molecule has 1 aromatic carbocycles. The molecule has 0 spiro atoms. The standard InChI is InChI=1S/C11H10Cl2N4S/c1-17(2)6-14-11-10(15-18-16-11)9-7(12)4-3-5-8(9)13/h3-6H,1-2H3. The topological polar surface area (TPSA) is 41.4 Å². The molecule has 1 heterocycles. The Morgan fingerprint density at radius 1 is 1.22 bits per heavy atom. The van der Waals surface area contributed by atoms with Gasteiger partial charge in [-0.3, -0.25) is 0 Å². The summed E-state index contributed by atoms with van der Waals surface area (Å²) in [4.78, 5) is 6.06. The zero-order valence-electron chi connectivity index (χ0n) is 9.76. The van der Waals surface area contributed by atoms with E-state index < -0.39 is 0 Å². The van der Waals surface area contributed by atoms with Gasteiger partial charge in [-0.05, 0) is 12.1 Å². The van der Waals surface area contributed by atoms with Gasteiger partial charge in [0.05, 0.1) is 28.1 Å². The van der Waals surface area contributed by atoms with Gasteiger partial charge < -0.3 is 4.90 Å². The van der Waals surface area contributed by atoms with E-state index in [1.165, 1.54) is 0 Å². The first-order chi connectivity index (χ1) is 8.59. The van der Waals surface area contributed by atoms with Crippen molar-refractivity contribution in [3.63, 3.8) is 0 Å². The van der Waals surface area contributed by atoms with E-state index >= 15 is 0 Å². The lowest BCUT2D eigenvalue weighted by molar-refractivity contribution is 0.643. The molecule has 7 heteroatoms. The molecule has 0 fully saturated rings. The second kappa shape index (κ2) is 5.65. The van der Waals surface area contributed by atoms with E-state index in [-0.39, 0.29) is 0 Å². The summed E-state index contributed by atoms with van der Waals surface area (Å²) >= 11 is 13.4. The lowest BCUT2D eigenvalue weighted by Crippen LogP contribution is -2.07. The van der Waals surface area contributed by atoms with Crippen LogP contribution in [0, 0.1) is 0 Å². The Morgan fingerprint density at radius 3 is 2.50 bits per heavy atom. The van der Waals surface area contributed by atoms with Gasteiger partial charge in [-0.1, -0.05) is 29.3 Å². The minimum Gasteiger partial charge on any atom is -0.369 e. The number of rotatable bonds is 3. The van der Waals surface area contributed by atoms with E-state index in [9.17, 15) is 0 Å². The van der Waals surface area contributed by atoms with Crippen molar-refractivity contribution in [1.82, 2.24) is 13.6 Å². The van der Waals surface area contributed by atoms with E-state index in [1.807, 2.05) is 19.0 Å². The number of hydrogen-bond acceptors (Lipinski definition) is 4. The molecule has 0 atom stereocenters. The highest BCUT2D eigenvalue weighted by Gasteiger charge is 2.16. The van der Waals surface area contributed by atoms with Gasteiger partial charge in [-0.2, -0.15) is 8.75 Å². The van der Waals surface area contributed by atoms with Gasteiger partial charge in [-0.15, -0.1) is 0 Å². The molecule has 0 aliphatic carbocycles. The minimum absolute atomic E-state index is 0.517. The zero-order chi connectivity index (χ0) is 13.1. The first-order valence-corrected chi connectivity index (χ1v) is 6.56. The summed E-state index contributed by atoms with van der Waals surface area (Å²) < 4.78 is 8.35. The van der Waals surface area contributed by atoms with Gasteiger partial charge in [-0.25, -0.2) is 4.99 Å². The van der Waals surface area contributed by atoms with Crippen molar-refractivity contribution in [3.05, 3.63) is 28.2 Å². The number of aromatic nitrogens is 2. The van der Waals surface area contributed by atoms with Crippen LogP contribution in [-0.4, -0.2) is 34.1 Å². The van der Waals surface area contributed by atoms with E-state index in [1.54, 1.807) is 24.5 Å². The average Bonchev–Trinajstić information content (AvgIpc) is 2.74. The number of halogens is 2. The second-order valence-corrected chi connectivity index (χ2v) is 5.08. The normalized spacial score (nSPS) is 11.1. The van der Waals surface area contributed by atoms with Crippen LogP contribution in [0.15, 0.2) is 23.2 Å². The molecule has 0 bridgehead atoms. The summed E-state index contributed by atoms with van der Waals surface area (Å²) in [5.41, 5.74) is 1.27.